The van der Waals surface area contributed by atoms with E-state index in [2.05, 4.69) is 0 Å². The van der Waals surface area contributed by atoms with E-state index in [0.29, 0.717) is 5.75 Å². The number of methoxy groups -OCH3 is 5. The average molecular weight is 483 g/mol. The van der Waals surface area contributed by atoms with Gasteiger partial charge in [0.15, 0.2) is 19.3 Å². The quantitative estimate of drug-likeness (QED) is 0.312. The molecule has 0 fully saturated rings. The molecule has 177 valence electrons. The lowest BCUT2D eigenvalue weighted by Crippen LogP contribution is -2.17. The van der Waals surface area contributed by atoms with Crippen LogP contribution in [0.15, 0.2) is 54.6 Å². The minimum atomic E-state index is -2.72. The topological polar surface area (TPSA) is 97.4 Å². The molecule has 3 rings (SSSR count). The molecule has 0 aliphatic rings. The minimum Gasteiger partial charge on any atom is -0.496 e. The van der Waals surface area contributed by atoms with Crippen molar-refractivity contribution in [3.05, 3.63) is 71.3 Å². The molecule has 0 saturated heterocycles. The molecule has 0 aliphatic heterocycles. The van der Waals surface area contributed by atoms with Gasteiger partial charge in [0.1, 0.15) is 28.4 Å². The second kappa shape index (κ2) is 10.8. The maximum Gasteiger partial charge on any atom is 0.254 e. The van der Waals surface area contributed by atoms with Crippen molar-refractivity contribution in [3.63, 3.8) is 0 Å². The van der Waals surface area contributed by atoms with E-state index < -0.39 is 19.1 Å². The van der Waals surface area contributed by atoms with Gasteiger partial charge in [-0.15, -0.1) is 0 Å². The van der Waals surface area contributed by atoms with Gasteiger partial charge in [0.05, 0.1) is 40.9 Å². The molecule has 9 heteroatoms. The molecule has 1 atom stereocenters. The molecule has 1 unspecified atom stereocenters. The van der Waals surface area contributed by atoms with Crippen molar-refractivity contribution in [3.8, 4) is 28.7 Å². The van der Waals surface area contributed by atoms with Crippen LogP contribution in [-0.4, -0.2) is 46.9 Å². The number of carbonyl (C=O) groups excluding carboxylic acids is 2. The van der Waals surface area contributed by atoms with Gasteiger partial charge in [0.25, 0.3) is 5.52 Å². The zero-order chi connectivity index (χ0) is 24.8. The summed E-state index contributed by atoms with van der Waals surface area (Å²) in [4.78, 5) is 27.0. The van der Waals surface area contributed by atoms with Crippen molar-refractivity contribution in [2.75, 3.05) is 35.5 Å². The lowest BCUT2D eigenvalue weighted by molar-refractivity contribution is 0.103. The van der Waals surface area contributed by atoms with Gasteiger partial charge in [-0.05, 0) is 36.4 Å². The largest absolute Gasteiger partial charge is 0.496 e. The van der Waals surface area contributed by atoms with Gasteiger partial charge in [-0.2, -0.15) is 0 Å². The molecule has 0 bridgehead atoms. The smallest absolute Gasteiger partial charge is 0.254 e. The molecule has 8 nitrogen and oxygen atoms in total. The predicted octanol–water partition coefficient (Wildman–Crippen LogP) is 4.25. The summed E-state index contributed by atoms with van der Waals surface area (Å²) in [5.74, 6) is 0.620. The molecule has 34 heavy (non-hydrogen) atoms. The van der Waals surface area contributed by atoms with E-state index in [-0.39, 0.29) is 45.0 Å². The summed E-state index contributed by atoms with van der Waals surface area (Å²) < 4.78 is 40.2. The zero-order valence-electron chi connectivity index (χ0n) is 19.4. The summed E-state index contributed by atoms with van der Waals surface area (Å²) >= 11 is 0. The highest BCUT2D eigenvalue weighted by molar-refractivity contribution is 7.71. The SMILES string of the molecule is COc1ccc(OC)c(C(=O)c2ccccc2[P](=O)C(=O)c2c(OC)cccc2OC)c1OC. The molecule has 0 N–H and O–H groups in total. The maximum absolute atomic E-state index is 13.7. The van der Waals surface area contributed by atoms with E-state index in [1.165, 1.54) is 47.7 Å². The van der Waals surface area contributed by atoms with Crippen molar-refractivity contribution in [2.24, 2.45) is 0 Å². The number of ether oxygens (including phenoxy) is 5. The standard InChI is InChI=1S/C25H24O8P/c1-29-16-10-8-11-17(30-2)21(16)25(27)34(28)20-12-7-6-9-15(20)23(26)22-18(31-3)13-14-19(32-4)24(22)33-5/h6-14H,1-5H3. The van der Waals surface area contributed by atoms with Crippen molar-refractivity contribution >= 4 is 24.4 Å². The molecule has 0 heterocycles. The number of ketones is 1. The van der Waals surface area contributed by atoms with Crippen LogP contribution in [0.1, 0.15) is 26.3 Å². The molecular formula is C25H24O8P. The van der Waals surface area contributed by atoms with Gasteiger partial charge in [0, 0.05) is 5.56 Å². The van der Waals surface area contributed by atoms with E-state index in [4.69, 9.17) is 23.7 Å². The first-order valence-corrected chi connectivity index (χ1v) is 11.3. The van der Waals surface area contributed by atoms with Crippen molar-refractivity contribution in [1.29, 1.82) is 0 Å². The third kappa shape index (κ3) is 4.45. The van der Waals surface area contributed by atoms with E-state index in [1.54, 1.807) is 42.5 Å². The summed E-state index contributed by atoms with van der Waals surface area (Å²) in [5.41, 5.74) is -0.542. The third-order valence-electron chi connectivity index (χ3n) is 5.15. The van der Waals surface area contributed by atoms with Gasteiger partial charge >= 0.3 is 0 Å². The monoisotopic (exact) mass is 483 g/mol. The van der Waals surface area contributed by atoms with Gasteiger partial charge in [-0.3, -0.25) is 14.2 Å². The average Bonchev–Trinajstić information content (AvgIpc) is 2.90. The molecule has 0 amide bonds. The lowest BCUT2D eigenvalue weighted by Gasteiger charge is -2.16. The summed E-state index contributed by atoms with van der Waals surface area (Å²) in [6.07, 6.45) is 0. The van der Waals surface area contributed by atoms with Crippen LogP contribution in [0.5, 0.6) is 28.7 Å². The van der Waals surface area contributed by atoms with Crippen LogP contribution in [-0.2, 0) is 4.57 Å². The Morgan fingerprint density at radius 2 is 1.15 bits per heavy atom. The molecule has 3 aromatic rings. The molecule has 0 saturated carbocycles. The lowest BCUT2D eigenvalue weighted by atomic mass is 10.0. The Morgan fingerprint density at radius 1 is 0.618 bits per heavy atom. The molecule has 0 spiro atoms. The highest BCUT2D eigenvalue weighted by atomic mass is 31.1. The Morgan fingerprint density at radius 3 is 1.71 bits per heavy atom. The van der Waals surface area contributed by atoms with Crippen LogP contribution in [0, 0.1) is 0 Å². The highest BCUT2D eigenvalue weighted by Gasteiger charge is 2.31. The predicted molar refractivity (Wildman–Crippen MR) is 127 cm³/mol. The number of rotatable bonds is 10. The van der Waals surface area contributed by atoms with Gasteiger partial charge in [-0.25, -0.2) is 0 Å². The maximum atomic E-state index is 13.7. The van der Waals surface area contributed by atoms with Crippen molar-refractivity contribution in [1.82, 2.24) is 0 Å². The Hall–Kier alpha value is -3.90. The number of carbonyl (C=O) groups is 2. The number of benzene rings is 3. The first-order chi connectivity index (χ1) is 16.4. The molecule has 0 aliphatic carbocycles. The van der Waals surface area contributed by atoms with Crippen LogP contribution < -0.4 is 29.0 Å². The number of hydrogen-bond acceptors (Lipinski definition) is 8. The first-order valence-electron chi connectivity index (χ1n) is 10.1. The highest BCUT2D eigenvalue weighted by Crippen LogP contribution is 2.41. The van der Waals surface area contributed by atoms with Gasteiger partial charge in [0.2, 0.25) is 5.78 Å². The number of hydrogen-bond donors (Lipinski definition) is 0. The molecular weight excluding hydrogens is 459 g/mol. The van der Waals surface area contributed by atoms with E-state index in [0.717, 1.165) is 0 Å². The second-order valence-corrected chi connectivity index (χ2v) is 8.34. The zero-order valence-corrected chi connectivity index (χ0v) is 20.3. The molecule has 3 aromatic carbocycles. The summed E-state index contributed by atoms with van der Waals surface area (Å²) in [7, 11) is 4.34. The molecule has 0 aromatic heterocycles. The fraction of sp³-hybridized carbons (Fsp3) is 0.200. The second-order valence-electron chi connectivity index (χ2n) is 6.86. The summed E-state index contributed by atoms with van der Waals surface area (Å²) in [6.45, 7) is 0. The normalized spacial score (nSPS) is 10.8. The van der Waals surface area contributed by atoms with Crippen LogP contribution in [0.2, 0.25) is 0 Å². The Labute approximate surface area is 198 Å². The van der Waals surface area contributed by atoms with Crippen LogP contribution in [0.25, 0.3) is 0 Å². The fourth-order valence-corrected chi connectivity index (χ4v) is 4.80. The van der Waals surface area contributed by atoms with Crippen LogP contribution in [0.3, 0.4) is 0 Å². The Kier molecular flexibility index (Phi) is 7.87. The van der Waals surface area contributed by atoms with Gasteiger partial charge in [-0.1, -0.05) is 18.2 Å². The fourth-order valence-electron chi connectivity index (χ4n) is 3.54. The third-order valence-corrected chi connectivity index (χ3v) is 6.57. The summed E-state index contributed by atoms with van der Waals surface area (Å²) in [5, 5.41) is 0.0624. The minimum absolute atomic E-state index is 0.0346. The van der Waals surface area contributed by atoms with Crippen molar-refractivity contribution in [2.45, 2.75) is 0 Å². The van der Waals surface area contributed by atoms with Crippen LogP contribution >= 0.6 is 7.80 Å². The summed E-state index contributed by atoms with van der Waals surface area (Å²) in [6, 6.07) is 14.2. The van der Waals surface area contributed by atoms with Crippen LogP contribution in [0.4, 0.5) is 0 Å². The Balaban J connectivity index is 2.16. The van der Waals surface area contributed by atoms with E-state index in [9.17, 15) is 14.2 Å². The Bertz CT molecular complexity index is 1230. The van der Waals surface area contributed by atoms with E-state index in [1.807, 2.05) is 0 Å². The van der Waals surface area contributed by atoms with Gasteiger partial charge < -0.3 is 23.7 Å². The molecule has 1 radical (unpaired) electrons. The van der Waals surface area contributed by atoms with E-state index >= 15 is 0 Å². The first kappa shape index (κ1) is 24.7. The van der Waals surface area contributed by atoms with Crippen molar-refractivity contribution < 1.29 is 37.8 Å².